The molecule has 1 unspecified atom stereocenters. The number of amides is 2. The molecule has 0 spiro atoms. The summed E-state index contributed by atoms with van der Waals surface area (Å²) in [6, 6.07) is 6.47. The summed E-state index contributed by atoms with van der Waals surface area (Å²) in [5, 5.41) is 6.57. The highest BCUT2D eigenvalue weighted by Crippen LogP contribution is 2.44. The van der Waals surface area contributed by atoms with Gasteiger partial charge >= 0.3 is 12.0 Å². The Labute approximate surface area is 173 Å². The summed E-state index contributed by atoms with van der Waals surface area (Å²) >= 11 is 0. The van der Waals surface area contributed by atoms with E-state index in [9.17, 15) is 9.59 Å². The van der Waals surface area contributed by atoms with Crippen molar-refractivity contribution in [1.29, 1.82) is 0 Å². The minimum absolute atomic E-state index is 0.0351. The number of nitrogens with zero attached hydrogens (tertiary/aromatic N) is 1. The van der Waals surface area contributed by atoms with Crippen LogP contribution in [-0.4, -0.2) is 44.3 Å². The zero-order valence-electron chi connectivity index (χ0n) is 17.5. The molecule has 2 aliphatic heterocycles. The van der Waals surface area contributed by atoms with Crippen molar-refractivity contribution < 1.29 is 14.3 Å². The first-order valence-corrected chi connectivity index (χ1v) is 11.1. The Morgan fingerprint density at radius 2 is 1.93 bits per heavy atom. The molecule has 1 aromatic carbocycles. The monoisotopic (exact) mass is 399 g/mol. The number of anilines is 1. The van der Waals surface area contributed by atoms with Gasteiger partial charge in [0.1, 0.15) is 0 Å². The average molecular weight is 400 g/mol. The number of benzene rings is 1. The lowest BCUT2D eigenvalue weighted by Gasteiger charge is -2.45. The molecule has 2 heterocycles. The minimum atomic E-state index is -0.358. The third kappa shape index (κ3) is 4.00. The van der Waals surface area contributed by atoms with Gasteiger partial charge in [-0.1, -0.05) is 25.3 Å². The van der Waals surface area contributed by atoms with Crippen molar-refractivity contribution in [2.75, 3.05) is 31.6 Å². The molecule has 2 fully saturated rings. The van der Waals surface area contributed by atoms with Gasteiger partial charge in [0.25, 0.3) is 0 Å². The molecular weight excluding hydrogens is 366 g/mol. The van der Waals surface area contributed by atoms with Crippen LogP contribution in [0.4, 0.5) is 10.5 Å². The van der Waals surface area contributed by atoms with Gasteiger partial charge in [-0.25, -0.2) is 4.79 Å². The van der Waals surface area contributed by atoms with Gasteiger partial charge in [0.2, 0.25) is 0 Å². The van der Waals surface area contributed by atoms with Crippen molar-refractivity contribution in [3.63, 3.8) is 0 Å². The molecule has 0 bridgehead atoms. The molecule has 1 aliphatic carbocycles. The van der Waals surface area contributed by atoms with E-state index in [2.05, 4.69) is 28.8 Å². The lowest BCUT2D eigenvalue weighted by Crippen LogP contribution is -2.54. The maximum absolute atomic E-state index is 13.1. The van der Waals surface area contributed by atoms with E-state index in [-0.39, 0.29) is 17.5 Å². The van der Waals surface area contributed by atoms with E-state index in [0.29, 0.717) is 25.3 Å². The SMILES string of the molecule is COC(=O)CCC1(C2CCCCC2)CNC(=O)N1c1ccc2c(c1)CCNCC2. The number of carbonyl (C=O) groups excluding carboxylic acids is 2. The third-order valence-corrected chi connectivity index (χ3v) is 7.14. The summed E-state index contributed by atoms with van der Waals surface area (Å²) < 4.78 is 4.93. The Morgan fingerprint density at radius 3 is 2.69 bits per heavy atom. The third-order valence-electron chi connectivity index (χ3n) is 7.14. The fraction of sp³-hybridized carbons (Fsp3) is 0.652. The Balaban J connectivity index is 1.70. The predicted molar refractivity (Wildman–Crippen MR) is 113 cm³/mol. The smallest absolute Gasteiger partial charge is 0.322 e. The summed E-state index contributed by atoms with van der Waals surface area (Å²) in [7, 11) is 1.44. The maximum atomic E-state index is 13.1. The second-order valence-electron chi connectivity index (χ2n) is 8.71. The van der Waals surface area contributed by atoms with Crippen LogP contribution < -0.4 is 15.5 Å². The Morgan fingerprint density at radius 1 is 1.17 bits per heavy atom. The zero-order chi connectivity index (χ0) is 20.3. The van der Waals surface area contributed by atoms with E-state index >= 15 is 0 Å². The number of hydrogen-bond donors (Lipinski definition) is 2. The molecule has 1 aromatic rings. The largest absolute Gasteiger partial charge is 0.469 e. The van der Waals surface area contributed by atoms with Crippen LogP contribution in [0, 0.1) is 5.92 Å². The quantitative estimate of drug-likeness (QED) is 0.746. The van der Waals surface area contributed by atoms with Crippen LogP contribution in [0.5, 0.6) is 0 Å². The van der Waals surface area contributed by atoms with Crippen LogP contribution in [0.1, 0.15) is 56.1 Å². The fourth-order valence-electron chi connectivity index (χ4n) is 5.55. The zero-order valence-corrected chi connectivity index (χ0v) is 17.5. The van der Waals surface area contributed by atoms with Crippen LogP contribution in [0.3, 0.4) is 0 Å². The van der Waals surface area contributed by atoms with Gasteiger partial charge in [0.05, 0.1) is 12.6 Å². The number of nitrogens with one attached hydrogen (secondary N) is 2. The predicted octanol–water partition coefficient (Wildman–Crippen LogP) is 3.18. The molecule has 1 atom stereocenters. The highest BCUT2D eigenvalue weighted by molar-refractivity contribution is 5.96. The van der Waals surface area contributed by atoms with Crippen molar-refractivity contribution in [3.8, 4) is 0 Å². The van der Waals surface area contributed by atoms with Crippen molar-refractivity contribution in [1.82, 2.24) is 10.6 Å². The molecular formula is C23H33N3O3. The van der Waals surface area contributed by atoms with Gasteiger partial charge in [-0.15, -0.1) is 0 Å². The molecule has 1 saturated heterocycles. The molecule has 0 radical (unpaired) electrons. The molecule has 3 aliphatic rings. The van der Waals surface area contributed by atoms with Gasteiger partial charge < -0.3 is 15.4 Å². The van der Waals surface area contributed by atoms with E-state index in [1.54, 1.807) is 0 Å². The number of ether oxygens (including phenoxy) is 1. The minimum Gasteiger partial charge on any atom is -0.469 e. The maximum Gasteiger partial charge on any atom is 0.322 e. The van der Waals surface area contributed by atoms with Crippen LogP contribution in [0.15, 0.2) is 18.2 Å². The molecule has 2 amide bonds. The molecule has 4 rings (SSSR count). The van der Waals surface area contributed by atoms with E-state index in [1.165, 1.54) is 37.5 Å². The number of fused-ring (bicyclic) bond motifs is 1. The summed E-state index contributed by atoms with van der Waals surface area (Å²) in [5.41, 5.74) is 3.31. The van der Waals surface area contributed by atoms with Crippen molar-refractivity contribution in [2.24, 2.45) is 5.92 Å². The molecule has 158 valence electrons. The molecule has 6 nitrogen and oxygen atoms in total. The first-order chi connectivity index (χ1) is 14.1. The summed E-state index contributed by atoms with van der Waals surface area (Å²) in [6.07, 6.45) is 8.87. The number of urea groups is 1. The molecule has 6 heteroatoms. The van der Waals surface area contributed by atoms with Gasteiger partial charge in [0, 0.05) is 18.7 Å². The van der Waals surface area contributed by atoms with Crippen LogP contribution >= 0.6 is 0 Å². The summed E-state index contributed by atoms with van der Waals surface area (Å²) in [6.45, 7) is 2.58. The molecule has 2 N–H and O–H groups in total. The number of methoxy groups -OCH3 is 1. The first-order valence-electron chi connectivity index (χ1n) is 11.1. The lowest BCUT2D eigenvalue weighted by atomic mass is 9.71. The molecule has 29 heavy (non-hydrogen) atoms. The van der Waals surface area contributed by atoms with Gasteiger partial charge in [-0.3, -0.25) is 9.69 Å². The number of carbonyl (C=O) groups is 2. The van der Waals surface area contributed by atoms with Crippen molar-refractivity contribution in [3.05, 3.63) is 29.3 Å². The Hall–Kier alpha value is -2.08. The van der Waals surface area contributed by atoms with Crippen molar-refractivity contribution in [2.45, 2.75) is 63.3 Å². The average Bonchev–Trinajstić information content (AvgIpc) is 2.93. The second-order valence-corrected chi connectivity index (χ2v) is 8.71. The molecule has 1 saturated carbocycles. The topological polar surface area (TPSA) is 70.7 Å². The van der Waals surface area contributed by atoms with E-state index in [0.717, 1.165) is 44.5 Å². The highest BCUT2D eigenvalue weighted by atomic mass is 16.5. The van der Waals surface area contributed by atoms with Crippen molar-refractivity contribution >= 4 is 17.7 Å². The number of rotatable bonds is 5. The first kappa shape index (κ1) is 20.2. The van der Waals surface area contributed by atoms with E-state index < -0.39 is 0 Å². The standard InChI is InChI=1S/C23H33N3O3/c1-29-21(27)9-12-23(19-5-3-2-4-6-19)16-25-22(28)26(23)20-8-7-17-10-13-24-14-11-18(17)15-20/h7-8,15,19,24H,2-6,9-14,16H2,1H3,(H,25,28). The van der Waals surface area contributed by atoms with E-state index in [4.69, 9.17) is 4.74 Å². The number of hydrogen-bond acceptors (Lipinski definition) is 4. The Bertz CT molecular complexity index is 760. The van der Waals surface area contributed by atoms with Crippen LogP contribution in [0.25, 0.3) is 0 Å². The van der Waals surface area contributed by atoms with E-state index in [1.807, 2.05) is 4.90 Å². The van der Waals surface area contributed by atoms with Gasteiger partial charge in [0.15, 0.2) is 0 Å². The highest BCUT2D eigenvalue weighted by Gasteiger charge is 2.51. The molecule has 0 aromatic heterocycles. The van der Waals surface area contributed by atoms with Crippen LogP contribution in [-0.2, 0) is 22.4 Å². The summed E-state index contributed by atoms with van der Waals surface area (Å²) in [4.78, 5) is 27.1. The fourth-order valence-corrected chi connectivity index (χ4v) is 5.55. The summed E-state index contributed by atoms with van der Waals surface area (Å²) in [5.74, 6) is 0.202. The Kier molecular flexibility index (Phi) is 6.09. The van der Waals surface area contributed by atoms with Crippen LogP contribution in [0.2, 0.25) is 0 Å². The second kappa shape index (κ2) is 8.74. The number of esters is 1. The lowest BCUT2D eigenvalue weighted by molar-refractivity contribution is -0.141. The van der Waals surface area contributed by atoms with Gasteiger partial charge in [-0.05, 0) is 74.4 Å². The van der Waals surface area contributed by atoms with Gasteiger partial charge in [-0.2, -0.15) is 0 Å². The normalized spacial score (nSPS) is 25.3.